The lowest BCUT2D eigenvalue weighted by Gasteiger charge is -2.01. The second-order valence-corrected chi connectivity index (χ2v) is 6.12. The van der Waals surface area contributed by atoms with Crippen molar-refractivity contribution in [1.82, 2.24) is 14.4 Å². The number of carbonyl (C=O) groups excluding carboxylic acids is 1. The second kappa shape index (κ2) is 5.66. The zero-order valence-electron chi connectivity index (χ0n) is 11.9. The zero-order valence-corrected chi connectivity index (χ0v) is 13.5. The molecule has 1 aromatic carbocycles. The summed E-state index contributed by atoms with van der Waals surface area (Å²) in [5, 5.41) is 4.93. The van der Waals surface area contributed by atoms with Gasteiger partial charge in [0.25, 0.3) is 0 Å². The van der Waals surface area contributed by atoms with E-state index in [4.69, 9.17) is 16.0 Å². The topological polar surface area (TPSA) is 92.4 Å². The Morgan fingerprint density at radius 3 is 3.21 bits per heavy atom. The maximum absolute atomic E-state index is 12.1. The van der Waals surface area contributed by atoms with Gasteiger partial charge in [-0.15, -0.1) is 11.3 Å². The molecule has 3 aromatic heterocycles. The highest BCUT2D eigenvalue weighted by molar-refractivity contribution is 7.15. The van der Waals surface area contributed by atoms with Crippen molar-refractivity contribution in [3.8, 4) is 0 Å². The first-order chi connectivity index (χ1) is 11.6. The van der Waals surface area contributed by atoms with Crippen LogP contribution in [0.25, 0.3) is 22.1 Å². The molecule has 0 aliphatic carbocycles. The first-order valence-corrected chi connectivity index (χ1v) is 8.09. The maximum Gasteiger partial charge on any atom is 0.417 e. The van der Waals surface area contributed by atoms with Gasteiger partial charge in [0.1, 0.15) is 0 Å². The van der Waals surface area contributed by atoms with E-state index in [1.165, 1.54) is 17.4 Å². The molecule has 0 aliphatic heterocycles. The molecule has 0 fully saturated rings. The van der Waals surface area contributed by atoms with Gasteiger partial charge in [0.2, 0.25) is 5.91 Å². The molecule has 120 valence electrons. The third-order valence-electron chi connectivity index (χ3n) is 3.33. The van der Waals surface area contributed by atoms with Crippen LogP contribution in [0.5, 0.6) is 0 Å². The quantitative estimate of drug-likeness (QED) is 0.549. The summed E-state index contributed by atoms with van der Waals surface area (Å²) in [5.74, 6) is -0.870. The van der Waals surface area contributed by atoms with Crippen LogP contribution in [0.1, 0.15) is 5.69 Å². The molecule has 0 radical (unpaired) electrons. The van der Waals surface area contributed by atoms with Crippen molar-refractivity contribution >= 4 is 56.7 Å². The van der Waals surface area contributed by atoms with Gasteiger partial charge in [0, 0.05) is 23.3 Å². The van der Waals surface area contributed by atoms with Gasteiger partial charge in [0.15, 0.2) is 15.7 Å². The van der Waals surface area contributed by atoms with Crippen LogP contribution >= 0.6 is 22.9 Å². The summed E-state index contributed by atoms with van der Waals surface area (Å²) in [6, 6.07) is 4.87. The highest BCUT2D eigenvalue weighted by Gasteiger charge is 2.09. The lowest BCUT2D eigenvalue weighted by molar-refractivity contribution is -0.111. The number of imidazole rings is 1. The Bertz CT molecular complexity index is 1150. The van der Waals surface area contributed by atoms with E-state index in [2.05, 4.69) is 15.3 Å². The largest absolute Gasteiger partial charge is 0.417 e. The van der Waals surface area contributed by atoms with Gasteiger partial charge in [-0.2, -0.15) is 0 Å². The number of hydrogen-bond donors (Lipinski definition) is 2. The number of benzene rings is 1. The number of aromatic amines is 1. The maximum atomic E-state index is 12.1. The summed E-state index contributed by atoms with van der Waals surface area (Å²) >= 11 is 7.53. The zero-order chi connectivity index (χ0) is 16.7. The molecule has 4 rings (SSSR count). The number of halogens is 1. The summed E-state index contributed by atoms with van der Waals surface area (Å²) < 4.78 is 6.71. The summed E-state index contributed by atoms with van der Waals surface area (Å²) in [7, 11) is 0. The molecule has 4 aromatic rings. The molecule has 0 saturated heterocycles. The summed E-state index contributed by atoms with van der Waals surface area (Å²) in [6.07, 6.45) is 4.80. The molecular weight excluding hydrogens is 352 g/mol. The SMILES string of the molecule is O=C(/C=C/c1c(Cl)nc2sccn12)Nc1ccc2oc(=O)[nH]c2c1. The molecule has 0 aliphatic rings. The van der Waals surface area contributed by atoms with Crippen molar-refractivity contribution in [1.29, 1.82) is 0 Å². The fraction of sp³-hybridized carbons (Fsp3) is 0. The molecule has 0 spiro atoms. The van der Waals surface area contributed by atoms with Crippen molar-refractivity contribution in [2.45, 2.75) is 0 Å². The third kappa shape index (κ3) is 2.61. The van der Waals surface area contributed by atoms with E-state index in [9.17, 15) is 9.59 Å². The average Bonchev–Trinajstić information content (AvgIpc) is 3.19. The molecule has 0 bridgehead atoms. The monoisotopic (exact) mass is 360 g/mol. The number of carbonyl (C=O) groups is 1. The molecule has 2 N–H and O–H groups in total. The Balaban J connectivity index is 1.56. The number of amides is 1. The number of anilines is 1. The molecule has 9 heteroatoms. The molecule has 3 heterocycles. The van der Waals surface area contributed by atoms with Gasteiger partial charge >= 0.3 is 5.76 Å². The van der Waals surface area contributed by atoms with Crippen molar-refractivity contribution in [3.63, 3.8) is 0 Å². The second-order valence-electron chi connectivity index (χ2n) is 4.89. The van der Waals surface area contributed by atoms with Crippen molar-refractivity contribution in [3.05, 3.63) is 57.2 Å². The first kappa shape index (κ1) is 14.7. The molecule has 0 unspecified atom stereocenters. The van der Waals surface area contributed by atoms with Crippen LogP contribution < -0.4 is 11.1 Å². The highest BCUT2D eigenvalue weighted by atomic mass is 35.5. The smallest absolute Gasteiger partial charge is 0.408 e. The van der Waals surface area contributed by atoms with Gasteiger partial charge in [-0.05, 0) is 24.3 Å². The van der Waals surface area contributed by atoms with Crippen molar-refractivity contribution in [2.75, 3.05) is 5.32 Å². The lowest BCUT2D eigenvalue weighted by Crippen LogP contribution is -2.07. The Morgan fingerprint density at radius 2 is 2.33 bits per heavy atom. The molecule has 24 heavy (non-hydrogen) atoms. The van der Waals surface area contributed by atoms with Crippen molar-refractivity contribution < 1.29 is 9.21 Å². The van der Waals surface area contributed by atoms with Crippen LogP contribution in [0.2, 0.25) is 5.15 Å². The predicted molar refractivity (Wildman–Crippen MR) is 92.6 cm³/mol. The number of aromatic nitrogens is 3. The van der Waals surface area contributed by atoms with E-state index >= 15 is 0 Å². The van der Waals surface area contributed by atoms with Gasteiger partial charge in [-0.1, -0.05) is 11.6 Å². The van der Waals surface area contributed by atoms with E-state index < -0.39 is 5.76 Å². The summed E-state index contributed by atoms with van der Waals surface area (Å²) in [4.78, 5) is 30.7. The van der Waals surface area contributed by atoms with Crippen molar-refractivity contribution in [2.24, 2.45) is 0 Å². The fourth-order valence-electron chi connectivity index (χ4n) is 2.29. The molecule has 0 saturated carbocycles. The minimum absolute atomic E-state index is 0.332. The van der Waals surface area contributed by atoms with Gasteiger partial charge in [0.05, 0.1) is 11.2 Å². The molecular formula is C15H9ClN4O3S. The standard InChI is InChI=1S/C15H9ClN4O3S/c16-13-10(20-5-6-24-14(20)19-13)2-4-12(21)17-8-1-3-11-9(7-8)18-15(22)23-11/h1-7H,(H,17,21)(H,18,22)/b4-2+. The summed E-state index contributed by atoms with van der Waals surface area (Å²) in [6.45, 7) is 0. The number of thiazole rings is 1. The Kier molecular flexibility index (Phi) is 3.47. The van der Waals surface area contributed by atoms with Gasteiger partial charge < -0.3 is 9.73 Å². The Morgan fingerprint density at radius 1 is 1.46 bits per heavy atom. The van der Waals surface area contributed by atoms with E-state index in [0.717, 1.165) is 4.96 Å². The van der Waals surface area contributed by atoms with Gasteiger partial charge in [-0.3, -0.25) is 14.2 Å². The van der Waals surface area contributed by atoms with E-state index in [1.807, 2.05) is 11.6 Å². The van der Waals surface area contributed by atoms with Crippen LogP contribution in [-0.4, -0.2) is 20.3 Å². The average molecular weight is 361 g/mol. The number of fused-ring (bicyclic) bond motifs is 2. The minimum Gasteiger partial charge on any atom is -0.408 e. The Hall–Kier alpha value is -2.84. The predicted octanol–water partition coefficient (Wildman–Crippen LogP) is 3.14. The highest BCUT2D eigenvalue weighted by Crippen LogP contribution is 2.22. The number of H-pyrrole nitrogens is 1. The Labute approximate surface area is 143 Å². The van der Waals surface area contributed by atoms with E-state index in [0.29, 0.717) is 27.6 Å². The normalized spacial score (nSPS) is 11.7. The number of hydrogen-bond acceptors (Lipinski definition) is 5. The lowest BCUT2D eigenvalue weighted by atomic mass is 10.3. The molecule has 7 nitrogen and oxygen atoms in total. The number of nitrogens with one attached hydrogen (secondary N) is 2. The number of rotatable bonds is 3. The molecule has 1 amide bonds. The molecule has 0 atom stereocenters. The fourth-order valence-corrected chi connectivity index (χ4v) is 3.30. The summed E-state index contributed by atoms with van der Waals surface area (Å²) in [5.41, 5.74) is 2.12. The van der Waals surface area contributed by atoms with Crippen LogP contribution in [0.3, 0.4) is 0 Å². The van der Waals surface area contributed by atoms with Crippen LogP contribution in [-0.2, 0) is 4.79 Å². The first-order valence-electron chi connectivity index (χ1n) is 6.83. The van der Waals surface area contributed by atoms with Crippen LogP contribution in [0, 0.1) is 0 Å². The van der Waals surface area contributed by atoms with E-state index in [-0.39, 0.29) is 5.91 Å². The van der Waals surface area contributed by atoms with Crippen LogP contribution in [0.4, 0.5) is 5.69 Å². The number of oxazole rings is 1. The van der Waals surface area contributed by atoms with E-state index in [1.54, 1.807) is 28.7 Å². The number of nitrogens with zero attached hydrogens (tertiary/aromatic N) is 2. The third-order valence-corrected chi connectivity index (χ3v) is 4.37. The minimum atomic E-state index is -0.538. The van der Waals surface area contributed by atoms with Gasteiger partial charge in [-0.25, -0.2) is 9.78 Å². The van der Waals surface area contributed by atoms with Crippen LogP contribution in [0.15, 0.2) is 45.1 Å².